The number of hydrogen-bond donors (Lipinski definition) is 2. The molecule has 2 heterocycles. The third-order valence-corrected chi connectivity index (χ3v) is 6.38. The number of hydrogen-bond acceptors (Lipinski definition) is 4. The summed E-state index contributed by atoms with van der Waals surface area (Å²) in [5, 5.41) is 12.6. The number of nitrogens with zero attached hydrogens (tertiary/aromatic N) is 2. The Hall–Kier alpha value is -2.93. The highest BCUT2D eigenvalue weighted by Crippen LogP contribution is 2.31. The number of halogens is 1. The van der Waals surface area contributed by atoms with Crippen LogP contribution >= 0.6 is 11.6 Å². The first-order valence-corrected chi connectivity index (χ1v) is 11.4. The number of piperidine rings is 1. The fourth-order valence-corrected chi connectivity index (χ4v) is 4.55. The monoisotopic (exact) mass is 457 g/mol. The van der Waals surface area contributed by atoms with Gasteiger partial charge in [0.2, 0.25) is 5.91 Å². The van der Waals surface area contributed by atoms with Crippen molar-refractivity contribution in [2.45, 2.75) is 44.8 Å². The lowest BCUT2D eigenvalue weighted by Gasteiger charge is -2.32. The minimum atomic E-state index is -1.07. The highest BCUT2D eigenvalue weighted by molar-refractivity contribution is 6.32. The van der Waals surface area contributed by atoms with Crippen molar-refractivity contribution < 1.29 is 19.4 Å². The maximum absolute atomic E-state index is 12.7. The second-order valence-electron chi connectivity index (χ2n) is 8.43. The summed E-state index contributed by atoms with van der Waals surface area (Å²) in [5.74, 6) is 0.242. The molecule has 2 aliphatic heterocycles. The van der Waals surface area contributed by atoms with Crippen LogP contribution in [-0.4, -0.2) is 53.8 Å². The van der Waals surface area contributed by atoms with Crippen LogP contribution in [0.1, 0.15) is 31.2 Å². The third kappa shape index (κ3) is 5.10. The molecule has 170 valence electrons. The molecule has 4 rings (SSSR count). The number of benzene rings is 2. The van der Waals surface area contributed by atoms with Crippen molar-refractivity contribution in [1.29, 1.82) is 0 Å². The molecule has 2 amide bonds. The van der Waals surface area contributed by atoms with Crippen LogP contribution in [0.3, 0.4) is 0 Å². The predicted molar refractivity (Wildman–Crippen MR) is 125 cm³/mol. The highest BCUT2D eigenvalue weighted by Gasteiger charge is 2.32. The Morgan fingerprint density at radius 3 is 2.59 bits per heavy atom. The first kappa shape index (κ1) is 22.3. The molecule has 2 fully saturated rings. The maximum Gasteiger partial charge on any atom is 0.407 e. The quantitative estimate of drug-likeness (QED) is 0.675. The summed E-state index contributed by atoms with van der Waals surface area (Å²) >= 11 is 6.43. The van der Waals surface area contributed by atoms with E-state index in [0.717, 1.165) is 32.4 Å². The number of carbonyl (C=O) groups excluding carboxylic acids is 1. The molecule has 2 aliphatic rings. The molecule has 8 heteroatoms. The zero-order valence-corrected chi connectivity index (χ0v) is 18.8. The van der Waals surface area contributed by atoms with Gasteiger partial charge in [-0.25, -0.2) is 4.79 Å². The molecule has 0 aromatic heterocycles. The first-order valence-electron chi connectivity index (χ1n) is 11.0. The number of rotatable bonds is 5. The van der Waals surface area contributed by atoms with Crippen molar-refractivity contribution in [1.82, 2.24) is 4.90 Å². The van der Waals surface area contributed by atoms with Crippen molar-refractivity contribution in [3.63, 3.8) is 0 Å². The predicted octanol–water partition coefficient (Wildman–Crippen LogP) is 4.78. The lowest BCUT2D eigenvalue weighted by Crippen LogP contribution is -2.49. The molecule has 0 unspecified atom stereocenters. The smallest absolute Gasteiger partial charge is 0.407 e. The summed E-state index contributed by atoms with van der Waals surface area (Å²) < 4.78 is 6.13. The van der Waals surface area contributed by atoms with Crippen LogP contribution in [0.4, 0.5) is 16.2 Å². The fraction of sp³-hybridized carbons (Fsp3) is 0.417. The Morgan fingerprint density at radius 2 is 1.88 bits per heavy atom. The summed E-state index contributed by atoms with van der Waals surface area (Å²) in [6.45, 7) is 4.15. The Bertz CT molecular complexity index is 982. The van der Waals surface area contributed by atoms with Crippen LogP contribution in [0.15, 0.2) is 42.5 Å². The molecule has 2 atom stereocenters. The van der Waals surface area contributed by atoms with E-state index in [1.807, 2.05) is 0 Å². The van der Waals surface area contributed by atoms with E-state index in [4.69, 9.17) is 16.3 Å². The van der Waals surface area contributed by atoms with Crippen LogP contribution in [-0.2, 0) is 4.79 Å². The SMILES string of the molecule is Cc1ccc(N2CC[C@H](Oc3ccc(NC(=O)[C@H]4CCCCN4C(=O)O)cc3Cl)C2)cc1. The largest absolute Gasteiger partial charge is 0.487 e. The number of aryl methyl sites for hydroxylation is 1. The molecule has 2 aromatic carbocycles. The van der Waals surface area contributed by atoms with E-state index in [-0.39, 0.29) is 12.0 Å². The van der Waals surface area contributed by atoms with Gasteiger partial charge in [0.15, 0.2) is 0 Å². The van der Waals surface area contributed by atoms with E-state index in [9.17, 15) is 14.7 Å². The Balaban J connectivity index is 1.35. The second-order valence-corrected chi connectivity index (χ2v) is 8.84. The molecule has 0 saturated carbocycles. The van der Waals surface area contributed by atoms with Crippen LogP contribution in [0.5, 0.6) is 5.75 Å². The number of carbonyl (C=O) groups is 2. The van der Waals surface area contributed by atoms with Gasteiger partial charge in [0.25, 0.3) is 0 Å². The highest BCUT2D eigenvalue weighted by atomic mass is 35.5. The van der Waals surface area contributed by atoms with E-state index >= 15 is 0 Å². The van der Waals surface area contributed by atoms with Gasteiger partial charge in [-0.05, 0) is 56.5 Å². The van der Waals surface area contributed by atoms with Gasteiger partial charge in [0.1, 0.15) is 17.9 Å². The lowest BCUT2D eigenvalue weighted by molar-refractivity contribution is -0.121. The van der Waals surface area contributed by atoms with Gasteiger partial charge in [0, 0.05) is 30.9 Å². The van der Waals surface area contributed by atoms with Crippen molar-refractivity contribution in [2.75, 3.05) is 29.9 Å². The van der Waals surface area contributed by atoms with Crippen molar-refractivity contribution in [3.8, 4) is 5.75 Å². The fourth-order valence-electron chi connectivity index (χ4n) is 4.33. The molecule has 2 saturated heterocycles. The molecule has 32 heavy (non-hydrogen) atoms. The van der Waals surface area contributed by atoms with Crippen LogP contribution in [0, 0.1) is 6.92 Å². The molecule has 2 N–H and O–H groups in total. The molecule has 7 nitrogen and oxygen atoms in total. The number of amides is 2. The van der Waals surface area contributed by atoms with Gasteiger partial charge in [0.05, 0.1) is 11.6 Å². The zero-order chi connectivity index (χ0) is 22.7. The topological polar surface area (TPSA) is 82.1 Å². The van der Waals surface area contributed by atoms with Crippen LogP contribution in [0.2, 0.25) is 5.02 Å². The van der Waals surface area contributed by atoms with E-state index < -0.39 is 12.1 Å². The summed E-state index contributed by atoms with van der Waals surface area (Å²) in [5.41, 5.74) is 2.94. The number of ether oxygens (including phenoxy) is 1. The summed E-state index contributed by atoms with van der Waals surface area (Å²) in [4.78, 5) is 27.6. The van der Waals surface area contributed by atoms with E-state index in [1.165, 1.54) is 16.2 Å². The first-order chi connectivity index (χ1) is 15.4. The third-order valence-electron chi connectivity index (χ3n) is 6.09. The van der Waals surface area contributed by atoms with E-state index in [1.54, 1.807) is 18.2 Å². The minimum absolute atomic E-state index is 0.0283. The summed E-state index contributed by atoms with van der Waals surface area (Å²) in [6, 6.07) is 12.9. The van der Waals surface area contributed by atoms with Gasteiger partial charge < -0.3 is 20.1 Å². The Kier molecular flexibility index (Phi) is 6.74. The number of nitrogens with one attached hydrogen (secondary N) is 1. The molecular weight excluding hydrogens is 430 g/mol. The molecular formula is C24H28ClN3O4. The Morgan fingerprint density at radius 1 is 1.09 bits per heavy atom. The molecule has 0 aliphatic carbocycles. The number of carboxylic acid groups (broad SMARTS) is 1. The molecule has 0 bridgehead atoms. The summed E-state index contributed by atoms with van der Waals surface area (Å²) in [7, 11) is 0. The lowest BCUT2D eigenvalue weighted by atomic mass is 10.0. The standard InChI is InChI=1S/C24H28ClN3O4/c1-16-5-8-18(9-6-16)27-13-11-19(15-27)32-22-10-7-17(14-20(22)25)26-23(29)21-4-2-3-12-28(21)24(30)31/h5-10,14,19,21H,2-4,11-13,15H2,1H3,(H,26,29)(H,30,31)/t19-,21+/m0/s1. The average Bonchev–Trinajstić information content (AvgIpc) is 3.24. The van der Waals surface area contributed by atoms with Crippen molar-refractivity contribution in [2.24, 2.45) is 0 Å². The number of anilines is 2. The summed E-state index contributed by atoms with van der Waals surface area (Å²) in [6.07, 6.45) is 1.98. The molecule has 2 aromatic rings. The number of likely N-dealkylation sites (tertiary alicyclic amines) is 1. The van der Waals surface area contributed by atoms with Gasteiger partial charge in [-0.1, -0.05) is 29.3 Å². The van der Waals surface area contributed by atoms with Gasteiger partial charge in [-0.2, -0.15) is 0 Å². The minimum Gasteiger partial charge on any atom is -0.487 e. The van der Waals surface area contributed by atoms with Crippen LogP contribution in [0.25, 0.3) is 0 Å². The normalized spacial score (nSPS) is 20.8. The van der Waals surface area contributed by atoms with Gasteiger partial charge >= 0.3 is 6.09 Å². The van der Waals surface area contributed by atoms with E-state index in [2.05, 4.69) is 41.4 Å². The molecule has 0 spiro atoms. The van der Waals surface area contributed by atoms with Crippen molar-refractivity contribution in [3.05, 3.63) is 53.1 Å². The second kappa shape index (κ2) is 9.69. The maximum atomic E-state index is 12.7. The van der Waals surface area contributed by atoms with Crippen molar-refractivity contribution >= 4 is 35.0 Å². The van der Waals surface area contributed by atoms with E-state index in [0.29, 0.717) is 29.4 Å². The average molecular weight is 458 g/mol. The van der Waals surface area contributed by atoms with Crippen LogP contribution < -0.4 is 15.0 Å². The zero-order valence-electron chi connectivity index (χ0n) is 18.1. The Labute approximate surface area is 192 Å². The van der Waals surface area contributed by atoms with Gasteiger partial charge in [-0.3, -0.25) is 9.69 Å². The van der Waals surface area contributed by atoms with Gasteiger partial charge in [-0.15, -0.1) is 0 Å². The molecule has 0 radical (unpaired) electrons.